The summed E-state index contributed by atoms with van der Waals surface area (Å²) in [7, 11) is 1.68. The summed E-state index contributed by atoms with van der Waals surface area (Å²) in [5.74, 6) is 0.616. The first-order chi connectivity index (χ1) is 13.9. The van der Waals surface area contributed by atoms with Crippen LogP contribution in [-0.4, -0.2) is 31.0 Å². The van der Waals surface area contributed by atoms with E-state index in [-0.39, 0.29) is 23.3 Å². The minimum Gasteiger partial charge on any atom is -0.310 e. The predicted molar refractivity (Wildman–Crippen MR) is 116 cm³/mol. The van der Waals surface area contributed by atoms with Crippen LogP contribution in [0.2, 0.25) is 0 Å². The zero-order valence-electron chi connectivity index (χ0n) is 16.4. The van der Waals surface area contributed by atoms with Gasteiger partial charge in [-0.2, -0.15) is 5.10 Å². The Morgan fingerprint density at radius 1 is 1.17 bits per heavy atom. The highest BCUT2D eigenvalue weighted by Gasteiger charge is 2.14. The standard InChI is InChI=1S/C21H21N5O2S/c1-13(2)26-18(8-9-22-26)24-19(27)12-29-21-23-17-11-15-7-5-4-6-14(15)10-16(17)20(28)25(21)3/h4-11,13H,12H2,1-3H3,(H,24,27). The largest absolute Gasteiger partial charge is 0.310 e. The number of aromatic nitrogens is 4. The van der Waals surface area contributed by atoms with Gasteiger partial charge in [0.15, 0.2) is 5.16 Å². The minimum absolute atomic E-state index is 0.124. The van der Waals surface area contributed by atoms with E-state index in [2.05, 4.69) is 15.4 Å². The van der Waals surface area contributed by atoms with Crippen LogP contribution >= 0.6 is 11.8 Å². The van der Waals surface area contributed by atoms with Crippen molar-refractivity contribution >= 4 is 45.2 Å². The summed E-state index contributed by atoms with van der Waals surface area (Å²) in [6.07, 6.45) is 1.65. The third kappa shape index (κ3) is 3.75. The molecule has 0 saturated heterocycles. The molecule has 0 aliphatic carbocycles. The summed E-state index contributed by atoms with van der Waals surface area (Å²) in [6, 6.07) is 13.6. The lowest BCUT2D eigenvalue weighted by Gasteiger charge is -2.12. The molecule has 7 nitrogen and oxygen atoms in total. The first-order valence-electron chi connectivity index (χ1n) is 9.30. The smallest absolute Gasteiger partial charge is 0.261 e. The average molecular weight is 407 g/mol. The number of carbonyl (C=O) groups excluding carboxylic acids is 1. The Kier molecular flexibility index (Phi) is 5.10. The van der Waals surface area contributed by atoms with Gasteiger partial charge in [0.1, 0.15) is 5.82 Å². The second kappa shape index (κ2) is 7.71. The average Bonchev–Trinajstić information content (AvgIpc) is 3.17. The quantitative estimate of drug-likeness (QED) is 0.311. The van der Waals surface area contributed by atoms with Crippen molar-refractivity contribution in [1.82, 2.24) is 19.3 Å². The lowest BCUT2D eigenvalue weighted by molar-refractivity contribution is -0.113. The molecule has 0 unspecified atom stereocenters. The number of benzene rings is 2. The van der Waals surface area contributed by atoms with Crippen molar-refractivity contribution in [2.24, 2.45) is 7.05 Å². The number of hydrogen-bond acceptors (Lipinski definition) is 5. The van der Waals surface area contributed by atoms with Gasteiger partial charge < -0.3 is 5.32 Å². The van der Waals surface area contributed by atoms with Gasteiger partial charge in [-0.3, -0.25) is 14.2 Å². The van der Waals surface area contributed by atoms with Crippen molar-refractivity contribution < 1.29 is 4.79 Å². The summed E-state index contributed by atoms with van der Waals surface area (Å²) in [4.78, 5) is 29.8. The third-order valence-corrected chi connectivity index (χ3v) is 5.69. The van der Waals surface area contributed by atoms with Gasteiger partial charge >= 0.3 is 0 Å². The number of anilines is 1. The van der Waals surface area contributed by atoms with Crippen LogP contribution in [0.3, 0.4) is 0 Å². The van der Waals surface area contributed by atoms with Crippen LogP contribution in [0.15, 0.2) is 58.6 Å². The van der Waals surface area contributed by atoms with Crippen molar-refractivity contribution in [3.05, 3.63) is 59.0 Å². The van der Waals surface area contributed by atoms with Crippen LogP contribution in [0.5, 0.6) is 0 Å². The van der Waals surface area contributed by atoms with Crippen molar-refractivity contribution in [1.29, 1.82) is 0 Å². The Labute approximate surface area is 171 Å². The zero-order chi connectivity index (χ0) is 20.5. The molecule has 0 aliphatic heterocycles. The molecule has 2 heterocycles. The van der Waals surface area contributed by atoms with Gasteiger partial charge in [-0.15, -0.1) is 0 Å². The van der Waals surface area contributed by atoms with Crippen molar-refractivity contribution in [2.75, 3.05) is 11.1 Å². The number of rotatable bonds is 5. The number of nitrogens with zero attached hydrogens (tertiary/aromatic N) is 4. The van der Waals surface area contributed by atoms with Crippen molar-refractivity contribution in [3.63, 3.8) is 0 Å². The SMILES string of the molecule is CC(C)n1nccc1NC(=O)CSc1nc2cc3ccccc3cc2c(=O)n1C. The summed E-state index contributed by atoms with van der Waals surface area (Å²) in [5, 5.41) is 10.2. The maximum Gasteiger partial charge on any atom is 0.261 e. The molecule has 4 aromatic rings. The highest BCUT2D eigenvalue weighted by molar-refractivity contribution is 7.99. The van der Waals surface area contributed by atoms with E-state index in [9.17, 15) is 9.59 Å². The van der Waals surface area contributed by atoms with Crippen LogP contribution in [0.1, 0.15) is 19.9 Å². The first-order valence-corrected chi connectivity index (χ1v) is 10.3. The van der Waals surface area contributed by atoms with E-state index in [0.29, 0.717) is 21.9 Å². The van der Waals surface area contributed by atoms with Crippen LogP contribution in [0.4, 0.5) is 5.82 Å². The highest BCUT2D eigenvalue weighted by atomic mass is 32.2. The fraction of sp³-hybridized carbons (Fsp3) is 0.238. The summed E-state index contributed by atoms with van der Waals surface area (Å²) < 4.78 is 3.24. The monoisotopic (exact) mass is 407 g/mol. The maximum atomic E-state index is 12.8. The van der Waals surface area contributed by atoms with E-state index in [1.54, 1.807) is 24.0 Å². The van der Waals surface area contributed by atoms with E-state index in [4.69, 9.17) is 0 Å². The topological polar surface area (TPSA) is 81.8 Å². The number of fused-ring (bicyclic) bond motifs is 2. The summed E-state index contributed by atoms with van der Waals surface area (Å²) in [5.41, 5.74) is 0.508. The number of carbonyl (C=O) groups is 1. The maximum absolute atomic E-state index is 12.8. The Balaban J connectivity index is 1.58. The molecule has 8 heteroatoms. The Hall–Kier alpha value is -3.13. The van der Waals surface area contributed by atoms with Crippen molar-refractivity contribution in [3.8, 4) is 0 Å². The Morgan fingerprint density at radius 3 is 2.62 bits per heavy atom. The molecule has 0 spiro atoms. The van der Waals surface area contributed by atoms with Gasteiger partial charge in [0.25, 0.3) is 5.56 Å². The van der Waals surface area contributed by atoms with Crippen LogP contribution in [0, 0.1) is 0 Å². The molecule has 4 rings (SSSR count). The number of nitrogens with one attached hydrogen (secondary N) is 1. The van der Waals surface area contributed by atoms with E-state index in [1.807, 2.05) is 50.2 Å². The van der Waals surface area contributed by atoms with Crippen LogP contribution < -0.4 is 10.9 Å². The molecule has 1 amide bonds. The number of amides is 1. The van der Waals surface area contributed by atoms with Crippen LogP contribution in [-0.2, 0) is 11.8 Å². The normalized spacial score (nSPS) is 11.4. The lowest BCUT2D eigenvalue weighted by Crippen LogP contribution is -2.22. The van der Waals surface area contributed by atoms with Gasteiger partial charge in [-0.25, -0.2) is 9.67 Å². The second-order valence-corrected chi connectivity index (χ2v) is 8.01. The molecule has 29 heavy (non-hydrogen) atoms. The van der Waals surface area contributed by atoms with E-state index in [0.717, 1.165) is 10.8 Å². The molecule has 148 valence electrons. The fourth-order valence-electron chi connectivity index (χ4n) is 3.20. The highest BCUT2D eigenvalue weighted by Crippen LogP contribution is 2.22. The molecular weight excluding hydrogens is 386 g/mol. The molecule has 0 saturated carbocycles. The lowest BCUT2D eigenvalue weighted by atomic mass is 10.1. The summed E-state index contributed by atoms with van der Waals surface area (Å²) >= 11 is 1.24. The van der Waals surface area contributed by atoms with Gasteiger partial charge in [0.05, 0.1) is 22.9 Å². The van der Waals surface area contributed by atoms with E-state index >= 15 is 0 Å². The summed E-state index contributed by atoms with van der Waals surface area (Å²) in [6.45, 7) is 3.99. The van der Waals surface area contributed by atoms with Gasteiger partial charge in [-0.05, 0) is 36.8 Å². The molecule has 2 aromatic carbocycles. The minimum atomic E-state index is -0.176. The van der Waals surface area contributed by atoms with Gasteiger partial charge in [-0.1, -0.05) is 36.0 Å². The van der Waals surface area contributed by atoms with Gasteiger partial charge in [0, 0.05) is 19.2 Å². The molecule has 0 aliphatic rings. The van der Waals surface area contributed by atoms with Gasteiger partial charge in [0.2, 0.25) is 5.91 Å². The zero-order valence-corrected chi connectivity index (χ0v) is 17.2. The molecule has 0 atom stereocenters. The molecule has 0 radical (unpaired) electrons. The molecule has 2 aromatic heterocycles. The first kappa shape index (κ1) is 19.2. The number of hydrogen-bond donors (Lipinski definition) is 1. The van der Waals surface area contributed by atoms with Crippen LogP contribution in [0.25, 0.3) is 21.7 Å². The molecule has 0 fully saturated rings. The molecule has 1 N–H and O–H groups in total. The predicted octanol–water partition coefficient (Wildman–Crippen LogP) is 3.59. The molecule has 0 bridgehead atoms. The molecular formula is C21H21N5O2S. The van der Waals surface area contributed by atoms with Crippen molar-refractivity contribution in [2.45, 2.75) is 25.0 Å². The number of thioether (sulfide) groups is 1. The second-order valence-electron chi connectivity index (χ2n) is 7.07. The Bertz CT molecular complexity index is 1280. The third-order valence-electron chi connectivity index (χ3n) is 4.66. The van der Waals surface area contributed by atoms with E-state index < -0.39 is 0 Å². The van der Waals surface area contributed by atoms with E-state index in [1.165, 1.54) is 16.3 Å². The fourth-order valence-corrected chi connectivity index (χ4v) is 3.97. The Morgan fingerprint density at radius 2 is 1.90 bits per heavy atom.